The number of nitrogens with one attached hydrogen (secondary N) is 1. The van der Waals surface area contributed by atoms with Crippen molar-refractivity contribution in [1.82, 2.24) is 5.32 Å². The molecule has 5 heteroatoms. The topological polar surface area (TPSA) is 64.6 Å². The lowest BCUT2D eigenvalue weighted by atomic mass is 9.73. The van der Waals surface area contributed by atoms with Crippen LogP contribution in [0.25, 0.3) is 0 Å². The number of esters is 2. The molecule has 0 unspecified atom stereocenters. The minimum absolute atomic E-state index is 0.0696. The molecule has 0 saturated heterocycles. The molecule has 1 N–H and O–H groups in total. The first-order chi connectivity index (χ1) is 11.3. The van der Waals surface area contributed by atoms with Crippen molar-refractivity contribution in [1.29, 1.82) is 0 Å². The van der Waals surface area contributed by atoms with Crippen molar-refractivity contribution in [3.8, 4) is 0 Å². The minimum Gasteiger partial charge on any atom is -0.461 e. The highest BCUT2D eigenvalue weighted by atomic mass is 16.6. The van der Waals surface area contributed by atoms with E-state index in [1.54, 1.807) is 0 Å². The molecule has 2 atom stereocenters. The lowest BCUT2D eigenvalue weighted by molar-refractivity contribution is -0.156. The number of carbonyl (C=O) groups is 2. The second-order valence-electron chi connectivity index (χ2n) is 7.25. The van der Waals surface area contributed by atoms with Gasteiger partial charge in [-0.05, 0) is 51.6 Å². The molecule has 0 aliphatic heterocycles. The average Bonchev–Trinajstić information content (AvgIpc) is 2.47. The van der Waals surface area contributed by atoms with Crippen LogP contribution >= 0.6 is 0 Å². The molecule has 0 amide bonds. The van der Waals surface area contributed by atoms with Crippen molar-refractivity contribution in [3.05, 3.63) is 35.9 Å². The lowest BCUT2D eigenvalue weighted by Crippen LogP contribution is -2.42. The van der Waals surface area contributed by atoms with E-state index >= 15 is 0 Å². The number of ether oxygens (including phenoxy) is 2. The second kappa shape index (κ2) is 8.29. The quantitative estimate of drug-likeness (QED) is 0.777. The van der Waals surface area contributed by atoms with E-state index in [9.17, 15) is 9.59 Å². The highest BCUT2D eigenvalue weighted by Crippen LogP contribution is 2.34. The number of carbonyl (C=O) groups excluding carboxylic acids is 2. The summed E-state index contributed by atoms with van der Waals surface area (Å²) < 4.78 is 10.6. The van der Waals surface area contributed by atoms with Gasteiger partial charge in [0.2, 0.25) is 0 Å². The number of hydrogen-bond acceptors (Lipinski definition) is 5. The molecular formula is C19H27NO4. The van der Waals surface area contributed by atoms with Crippen LogP contribution < -0.4 is 5.32 Å². The molecule has 1 saturated carbocycles. The normalized spacial score (nSPS) is 20.1. The zero-order valence-corrected chi connectivity index (χ0v) is 14.7. The van der Waals surface area contributed by atoms with Gasteiger partial charge in [0.25, 0.3) is 0 Å². The Morgan fingerprint density at radius 3 is 2.46 bits per heavy atom. The molecule has 1 fully saturated rings. The molecule has 5 nitrogen and oxygen atoms in total. The minimum atomic E-state index is -0.473. The van der Waals surface area contributed by atoms with Crippen LogP contribution in [-0.2, 0) is 25.7 Å². The maximum atomic E-state index is 12.2. The van der Waals surface area contributed by atoms with E-state index in [1.807, 2.05) is 51.1 Å². The molecule has 0 bridgehead atoms. The first-order valence-electron chi connectivity index (χ1n) is 8.48. The summed E-state index contributed by atoms with van der Waals surface area (Å²) in [5, 5.41) is 3.09. The smallest absolute Gasteiger partial charge is 0.320 e. The largest absolute Gasteiger partial charge is 0.461 e. The Kier molecular flexibility index (Phi) is 6.37. The van der Waals surface area contributed by atoms with Crippen LogP contribution in [0.1, 0.15) is 39.2 Å². The van der Waals surface area contributed by atoms with Crippen LogP contribution in [0.5, 0.6) is 0 Å². The summed E-state index contributed by atoms with van der Waals surface area (Å²) in [5.41, 5.74) is 0.517. The first kappa shape index (κ1) is 18.5. The van der Waals surface area contributed by atoms with Crippen molar-refractivity contribution in [3.63, 3.8) is 0 Å². The Balaban J connectivity index is 1.66. The van der Waals surface area contributed by atoms with Gasteiger partial charge in [-0.2, -0.15) is 0 Å². The summed E-state index contributed by atoms with van der Waals surface area (Å²) in [5.74, 6) is -0.255. The highest BCUT2D eigenvalue weighted by Gasteiger charge is 2.37. The molecule has 0 radical (unpaired) electrons. The molecule has 132 valence electrons. The van der Waals surface area contributed by atoms with E-state index in [-0.39, 0.29) is 30.3 Å². The molecule has 1 aromatic carbocycles. The monoisotopic (exact) mass is 333 g/mol. The predicted octanol–water partition coefficient (Wildman–Crippen LogP) is 2.69. The standard InChI is InChI=1S/C19H27NO4/c1-19(2,3)24-17(21)12-20-11-15-9-10-16(15)18(22)23-13-14-7-5-4-6-8-14/h4-8,15-16,20H,9-13H2,1-3H3/t15-,16-/m1/s1. The van der Waals surface area contributed by atoms with Gasteiger partial charge in [0.1, 0.15) is 12.2 Å². The summed E-state index contributed by atoms with van der Waals surface area (Å²) >= 11 is 0. The van der Waals surface area contributed by atoms with E-state index in [4.69, 9.17) is 9.47 Å². The van der Waals surface area contributed by atoms with Crippen LogP contribution in [0, 0.1) is 11.8 Å². The van der Waals surface area contributed by atoms with Gasteiger partial charge in [-0.1, -0.05) is 30.3 Å². The molecule has 24 heavy (non-hydrogen) atoms. The summed E-state index contributed by atoms with van der Waals surface area (Å²) in [6.45, 7) is 6.64. The summed E-state index contributed by atoms with van der Waals surface area (Å²) in [6, 6.07) is 9.66. The summed E-state index contributed by atoms with van der Waals surface area (Å²) in [6.07, 6.45) is 1.83. The van der Waals surface area contributed by atoms with Gasteiger partial charge in [-0.25, -0.2) is 0 Å². The van der Waals surface area contributed by atoms with Crippen molar-refractivity contribution in [2.45, 2.75) is 45.8 Å². The third-order valence-electron chi connectivity index (χ3n) is 4.04. The molecule has 1 aliphatic carbocycles. The fraction of sp³-hybridized carbons (Fsp3) is 0.579. The average molecular weight is 333 g/mol. The molecular weight excluding hydrogens is 306 g/mol. The van der Waals surface area contributed by atoms with Crippen molar-refractivity contribution < 1.29 is 19.1 Å². The zero-order valence-electron chi connectivity index (χ0n) is 14.7. The predicted molar refractivity (Wildman–Crippen MR) is 91.2 cm³/mol. The van der Waals surface area contributed by atoms with Crippen LogP contribution in [0.4, 0.5) is 0 Å². The van der Waals surface area contributed by atoms with E-state index in [1.165, 1.54) is 0 Å². The van der Waals surface area contributed by atoms with E-state index in [0.29, 0.717) is 13.2 Å². The fourth-order valence-electron chi connectivity index (χ4n) is 2.70. The van der Waals surface area contributed by atoms with Crippen molar-refractivity contribution >= 4 is 11.9 Å². The van der Waals surface area contributed by atoms with Gasteiger partial charge in [0.15, 0.2) is 0 Å². The van der Waals surface area contributed by atoms with Crippen molar-refractivity contribution in [2.24, 2.45) is 11.8 Å². The Hall–Kier alpha value is -1.88. The molecule has 0 heterocycles. The van der Waals surface area contributed by atoms with Gasteiger partial charge in [-0.3, -0.25) is 9.59 Å². The lowest BCUT2D eigenvalue weighted by Gasteiger charge is -2.34. The second-order valence-corrected chi connectivity index (χ2v) is 7.25. The maximum Gasteiger partial charge on any atom is 0.320 e. The zero-order chi connectivity index (χ0) is 17.6. The van der Waals surface area contributed by atoms with Crippen molar-refractivity contribution in [2.75, 3.05) is 13.1 Å². The Morgan fingerprint density at radius 1 is 1.17 bits per heavy atom. The van der Waals surface area contributed by atoms with Crippen LogP contribution in [0.15, 0.2) is 30.3 Å². The Bertz CT molecular complexity index is 550. The Morgan fingerprint density at radius 2 is 1.88 bits per heavy atom. The van der Waals surface area contributed by atoms with E-state index in [0.717, 1.165) is 18.4 Å². The first-order valence-corrected chi connectivity index (χ1v) is 8.48. The van der Waals surface area contributed by atoms with Gasteiger partial charge < -0.3 is 14.8 Å². The van der Waals surface area contributed by atoms with E-state index < -0.39 is 5.60 Å². The third-order valence-corrected chi connectivity index (χ3v) is 4.04. The summed E-state index contributed by atoms with van der Waals surface area (Å²) in [7, 11) is 0. The highest BCUT2D eigenvalue weighted by molar-refractivity contribution is 5.74. The van der Waals surface area contributed by atoms with Gasteiger partial charge >= 0.3 is 11.9 Å². The maximum absolute atomic E-state index is 12.2. The van der Waals surface area contributed by atoms with Crippen LogP contribution in [-0.4, -0.2) is 30.6 Å². The van der Waals surface area contributed by atoms with Gasteiger partial charge in [-0.15, -0.1) is 0 Å². The summed E-state index contributed by atoms with van der Waals surface area (Å²) in [4.78, 5) is 23.8. The third kappa shape index (κ3) is 5.96. The molecule has 0 spiro atoms. The Labute approximate surface area is 143 Å². The van der Waals surface area contributed by atoms with Crippen LogP contribution in [0.3, 0.4) is 0 Å². The van der Waals surface area contributed by atoms with Gasteiger partial charge in [0.05, 0.1) is 12.5 Å². The van der Waals surface area contributed by atoms with E-state index in [2.05, 4.69) is 5.32 Å². The number of benzene rings is 1. The fourth-order valence-corrected chi connectivity index (χ4v) is 2.70. The number of rotatable bonds is 7. The number of hydrogen-bond donors (Lipinski definition) is 1. The molecule has 1 aliphatic rings. The molecule has 0 aromatic heterocycles. The van der Waals surface area contributed by atoms with Gasteiger partial charge in [0, 0.05) is 0 Å². The molecule has 2 rings (SSSR count). The SMILES string of the molecule is CC(C)(C)OC(=O)CNC[C@H]1CC[C@H]1C(=O)OCc1ccccc1. The molecule has 1 aromatic rings. The van der Waals surface area contributed by atoms with Crippen LogP contribution in [0.2, 0.25) is 0 Å².